The van der Waals surface area contributed by atoms with Crippen LogP contribution in [-0.4, -0.2) is 23.3 Å². The van der Waals surface area contributed by atoms with Gasteiger partial charge in [-0.25, -0.2) is 4.98 Å². The van der Waals surface area contributed by atoms with Crippen LogP contribution in [0.4, 0.5) is 0 Å². The molecule has 4 heteroatoms. The Morgan fingerprint density at radius 1 is 1.57 bits per heavy atom. The fraction of sp³-hybridized carbons (Fsp3) is 0.700. The zero-order chi connectivity index (χ0) is 9.80. The maximum Gasteiger partial charge on any atom is 0.150 e. The molecule has 0 spiro atoms. The molecule has 0 radical (unpaired) electrons. The van der Waals surface area contributed by atoms with Gasteiger partial charge in [0.05, 0.1) is 0 Å². The first kappa shape index (κ1) is 10.5. The first-order valence-electron chi connectivity index (χ1n) is 5.12. The summed E-state index contributed by atoms with van der Waals surface area (Å²) >= 11 is 3.71. The quantitative estimate of drug-likeness (QED) is 0.861. The van der Waals surface area contributed by atoms with Gasteiger partial charge in [0.1, 0.15) is 4.34 Å². The van der Waals surface area contributed by atoms with Gasteiger partial charge in [0.2, 0.25) is 0 Å². The van der Waals surface area contributed by atoms with E-state index in [1.807, 2.05) is 18.0 Å². The maximum absolute atomic E-state index is 4.32. The molecule has 0 aromatic carbocycles. The van der Waals surface area contributed by atoms with Gasteiger partial charge in [0.15, 0.2) is 0 Å². The summed E-state index contributed by atoms with van der Waals surface area (Å²) in [6, 6.07) is 0.723. The van der Waals surface area contributed by atoms with E-state index >= 15 is 0 Å². The van der Waals surface area contributed by atoms with Crippen molar-refractivity contribution in [3.8, 4) is 0 Å². The normalized spacial score (nSPS) is 27.8. The molecule has 1 N–H and O–H groups in total. The van der Waals surface area contributed by atoms with Crippen LogP contribution in [0.3, 0.4) is 0 Å². The standard InChI is InChI=1S/C10H16N2S2/c1-11-8-3-2-4-9(7-8)14-10-12-5-6-13-10/h5-6,8-9,11H,2-4,7H2,1H3. The molecular formula is C10H16N2S2. The molecule has 78 valence electrons. The van der Waals surface area contributed by atoms with E-state index in [-0.39, 0.29) is 0 Å². The van der Waals surface area contributed by atoms with Crippen LogP contribution in [0.15, 0.2) is 15.9 Å². The van der Waals surface area contributed by atoms with Crippen LogP contribution in [-0.2, 0) is 0 Å². The molecule has 0 aliphatic heterocycles. The van der Waals surface area contributed by atoms with Crippen LogP contribution >= 0.6 is 23.1 Å². The van der Waals surface area contributed by atoms with Crippen LogP contribution in [0.2, 0.25) is 0 Å². The van der Waals surface area contributed by atoms with Gasteiger partial charge < -0.3 is 5.32 Å². The van der Waals surface area contributed by atoms with Crippen molar-refractivity contribution in [2.24, 2.45) is 0 Å². The van der Waals surface area contributed by atoms with Crippen molar-refractivity contribution in [1.29, 1.82) is 0 Å². The summed E-state index contributed by atoms with van der Waals surface area (Å²) in [7, 11) is 2.07. The fourth-order valence-electron chi connectivity index (χ4n) is 1.93. The van der Waals surface area contributed by atoms with Gasteiger partial charge in [-0.05, 0) is 26.3 Å². The van der Waals surface area contributed by atoms with Crippen molar-refractivity contribution in [1.82, 2.24) is 10.3 Å². The van der Waals surface area contributed by atoms with Gasteiger partial charge in [-0.3, -0.25) is 0 Å². The average Bonchev–Trinajstić information content (AvgIpc) is 2.71. The molecule has 2 rings (SSSR count). The number of rotatable bonds is 3. The molecule has 0 saturated heterocycles. The third kappa shape index (κ3) is 2.72. The summed E-state index contributed by atoms with van der Waals surface area (Å²) in [6.07, 6.45) is 7.23. The summed E-state index contributed by atoms with van der Waals surface area (Å²) < 4.78 is 1.23. The Morgan fingerprint density at radius 3 is 3.21 bits per heavy atom. The molecule has 2 atom stereocenters. The molecule has 2 nitrogen and oxygen atoms in total. The number of hydrogen-bond donors (Lipinski definition) is 1. The Hall–Kier alpha value is -0.0600. The molecule has 1 fully saturated rings. The molecule has 1 saturated carbocycles. The molecule has 1 aliphatic carbocycles. The molecule has 1 aromatic heterocycles. The first-order valence-corrected chi connectivity index (χ1v) is 6.88. The molecular weight excluding hydrogens is 212 g/mol. The SMILES string of the molecule is CNC1CCCC(Sc2nccs2)C1. The maximum atomic E-state index is 4.32. The van der Waals surface area contributed by atoms with E-state index < -0.39 is 0 Å². The van der Waals surface area contributed by atoms with Gasteiger partial charge in [0.25, 0.3) is 0 Å². The van der Waals surface area contributed by atoms with E-state index in [1.54, 1.807) is 11.3 Å². The van der Waals surface area contributed by atoms with Gasteiger partial charge >= 0.3 is 0 Å². The van der Waals surface area contributed by atoms with E-state index in [0.29, 0.717) is 0 Å². The van der Waals surface area contributed by atoms with Crippen LogP contribution < -0.4 is 5.32 Å². The summed E-state index contributed by atoms with van der Waals surface area (Å²) in [5, 5.41) is 6.21. The largest absolute Gasteiger partial charge is 0.317 e. The lowest BCUT2D eigenvalue weighted by molar-refractivity contribution is 0.402. The van der Waals surface area contributed by atoms with Crippen LogP contribution in [0.25, 0.3) is 0 Å². The van der Waals surface area contributed by atoms with E-state index in [9.17, 15) is 0 Å². The Kier molecular flexibility index (Phi) is 3.84. The summed E-state index contributed by atoms with van der Waals surface area (Å²) in [6.45, 7) is 0. The minimum atomic E-state index is 0.723. The minimum absolute atomic E-state index is 0.723. The lowest BCUT2D eigenvalue weighted by atomic mass is 9.95. The second-order valence-electron chi connectivity index (χ2n) is 3.69. The van der Waals surface area contributed by atoms with E-state index in [1.165, 1.54) is 30.0 Å². The summed E-state index contributed by atoms with van der Waals surface area (Å²) in [5.74, 6) is 0. The number of nitrogens with one attached hydrogen (secondary N) is 1. The molecule has 0 bridgehead atoms. The van der Waals surface area contributed by atoms with Crippen molar-refractivity contribution in [3.63, 3.8) is 0 Å². The number of thioether (sulfide) groups is 1. The molecule has 1 aliphatic rings. The fourth-order valence-corrected chi connectivity index (χ4v) is 4.10. The number of nitrogens with zero attached hydrogens (tertiary/aromatic N) is 1. The number of aromatic nitrogens is 1. The Balaban J connectivity index is 1.86. The monoisotopic (exact) mass is 228 g/mol. The van der Waals surface area contributed by atoms with Crippen LogP contribution in [0.5, 0.6) is 0 Å². The third-order valence-corrected chi connectivity index (χ3v) is 4.92. The lowest BCUT2D eigenvalue weighted by Crippen LogP contribution is -2.32. The summed E-state index contributed by atoms with van der Waals surface area (Å²) in [4.78, 5) is 4.32. The topological polar surface area (TPSA) is 24.9 Å². The van der Waals surface area contributed by atoms with Gasteiger partial charge in [0, 0.05) is 22.9 Å². The molecule has 0 amide bonds. The Labute approximate surface area is 93.5 Å². The second kappa shape index (κ2) is 5.14. The van der Waals surface area contributed by atoms with E-state index in [4.69, 9.17) is 0 Å². The van der Waals surface area contributed by atoms with Gasteiger partial charge in [-0.1, -0.05) is 18.2 Å². The molecule has 14 heavy (non-hydrogen) atoms. The molecule has 1 heterocycles. The molecule has 1 aromatic rings. The zero-order valence-corrected chi connectivity index (χ0v) is 10.0. The van der Waals surface area contributed by atoms with Gasteiger partial charge in [-0.15, -0.1) is 11.3 Å². The van der Waals surface area contributed by atoms with Crippen LogP contribution in [0.1, 0.15) is 25.7 Å². The Morgan fingerprint density at radius 2 is 2.50 bits per heavy atom. The van der Waals surface area contributed by atoms with Gasteiger partial charge in [-0.2, -0.15) is 0 Å². The van der Waals surface area contributed by atoms with Crippen molar-refractivity contribution in [2.75, 3.05) is 7.05 Å². The van der Waals surface area contributed by atoms with Crippen molar-refractivity contribution in [3.05, 3.63) is 11.6 Å². The van der Waals surface area contributed by atoms with E-state index in [2.05, 4.69) is 22.7 Å². The van der Waals surface area contributed by atoms with Crippen molar-refractivity contribution >= 4 is 23.1 Å². The van der Waals surface area contributed by atoms with Crippen LogP contribution in [0, 0.1) is 0 Å². The highest BCUT2D eigenvalue weighted by molar-refractivity contribution is 8.01. The highest BCUT2D eigenvalue weighted by Crippen LogP contribution is 2.34. The zero-order valence-electron chi connectivity index (χ0n) is 8.40. The minimum Gasteiger partial charge on any atom is -0.317 e. The Bertz CT molecular complexity index is 261. The second-order valence-corrected chi connectivity index (χ2v) is 6.13. The highest BCUT2D eigenvalue weighted by atomic mass is 32.2. The first-order chi connectivity index (χ1) is 6.88. The highest BCUT2D eigenvalue weighted by Gasteiger charge is 2.21. The summed E-state index contributed by atoms with van der Waals surface area (Å²) in [5.41, 5.74) is 0. The number of thiazole rings is 1. The average molecular weight is 228 g/mol. The number of hydrogen-bond acceptors (Lipinski definition) is 4. The molecule has 2 unspecified atom stereocenters. The van der Waals surface area contributed by atoms with Crippen molar-refractivity contribution in [2.45, 2.75) is 41.3 Å². The predicted octanol–water partition coefficient (Wildman–Crippen LogP) is 2.77. The van der Waals surface area contributed by atoms with E-state index in [0.717, 1.165) is 11.3 Å². The lowest BCUT2D eigenvalue weighted by Gasteiger charge is -2.27. The van der Waals surface area contributed by atoms with Crippen molar-refractivity contribution < 1.29 is 0 Å². The smallest absolute Gasteiger partial charge is 0.150 e. The predicted molar refractivity (Wildman–Crippen MR) is 63.1 cm³/mol. The third-order valence-electron chi connectivity index (χ3n) is 2.71.